The van der Waals surface area contributed by atoms with Gasteiger partial charge in [0.15, 0.2) is 0 Å². The van der Waals surface area contributed by atoms with Gasteiger partial charge in [-0.05, 0) is 18.1 Å². The van der Waals surface area contributed by atoms with Crippen molar-refractivity contribution < 1.29 is 9.50 Å². The van der Waals surface area contributed by atoms with Gasteiger partial charge in [0.2, 0.25) is 0 Å². The van der Waals surface area contributed by atoms with Crippen LogP contribution in [0.2, 0.25) is 5.02 Å². The highest BCUT2D eigenvalue weighted by molar-refractivity contribution is 6.31. The Labute approximate surface area is 99.6 Å². The first kappa shape index (κ1) is 11.8. The van der Waals surface area contributed by atoms with Crippen LogP contribution < -0.4 is 0 Å². The molecule has 0 aliphatic carbocycles. The first-order chi connectivity index (χ1) is 7.54. The Morgan fingerprint density at radius 3 is 2.81 bits per heavy atom. The summed E-state index contributed by atoms with van der Waals surface area (Å²) in [6, 6.07) is 4.82. The number of halogens is 2. The molecule has 0 spiro atoms. The number of β-amino-alcohol motifs (C(OH)–C–C–N with tert-alkyl or cyclic N) is 1. The quantitative estimate of drug-likeness (QED) is 0.882. The zero-order valence-corrected chi connectivity index (χ0v) is 9.97. The molecule has 0 saturated carbocycles. The zero-order chi connectivity index (χ0) is 11.8. The standard InChI is InChI=1S/C12H15ClFNO/c1-2-12(16)7-15(8-12)6-9-4-3-5-10(14)11(9)13/h3-5,16H,2,6-8H2,1H3. The lowest BCUT2D eigenvalue weighted by Gasteiger charge is -2.46. The van der Waals surface area contributed by atoms with Gasteiger partial charge in [-0.25, -0.2) is 4.39 Å². The average Bonchev–Trinajstić information content (AvgIpc) is 2.22. The highest BCUT2D eigenvalue weighted by atomic mass is 35.5. The maximum atomic E-state index is 13.2. The molecule has 4 heteroatoms. The van der Waals surface area contributed by atoms with Crippen molar-refractivity contribution in [3.05, 3.63) is 34.6 Å². The molecule has 2 nitrogen and oxygen atoms in total. The van der Waals surface area contributed by atoms with E-state index in [9.17, 15) is 9.50 Å². The predicted octanol–water partition coefficient (Wildman–Crippen LogP) is 2.44. The Balaban J connectivity index is 1.99. The molecule has 1 aromatic rings. The van der Waals surface area contributed by atoms with Crippen molar-refractivity contribution in [1.29, 1.82) is 0 Å². The number of hydrogen-bond donors (Lipinski definition) is 1. The highest BCUT2D eigenvalue weighted by Gasteiger charge is 2.39. The van der Waals surface area contributed by atoms with Crippen molar-refractivity contribution in [2.24, 2.45) is 0 Å². The fourth-order valence-electron chi connectivity index (χ4n) is 2.03. The van der Waals surface area contributed by atoms with E-state index >= 15 is 0 Å². The summed E-state index contributed by atoms with van der Waals surface area (Å²) in [4.78, 5) is 2.06. The molecule has 0 aromatic heterocycles. The Kier molecular flexibility index (Phi) is 3.19. The lowest BCUT2D eigenvalue weighted by atomic mass is 9.91. The summed E-state index contributed by atoms with van der Waals surface area (Å²) in [7, 11) is 0. The summed E-state index contributed by atoms with van der Waals surface area (Å²) in [6.07, 6.45) is 0.750. The molecule has 1 saturated heterocycles. The highest BCUT2D eigenvalue weighted by Crippen LogP contribution is 2.28. The normalized spacial score (nSPS) is 19.5. The number of nitrogens with zero attached hydrogens (tertiary/aromatic N) is 1. The van der Waals surface area contributed by atoms with Crippen LogP contribution in [0.1, 0.15) is 18.9 Å². The molecule has 1 aromatic carbocycles. The van der Waals surface area contributed by atoms with Crippen molar-refractivity contribution in [1.82, 2.24) is 4.90 Å². The minimum Gasteiger partial charge on any atom is -0.387 e. The second-order valence-corrected chi connectivity index (χ2v) is 4.81. The predicted molar refractivity (Wildman–Crippen MR) is 61.9 cm³/mol. The van der Waals surface area contributed by atoms with E-state index in [0.717, 1.165) is 12.0 Å². The van der Waals surface area contributed by atoms with Crippen LogP contribution in [0, 0.1) is 5.82 Å². The van der Waals surface area contributed by atoms with Gasteiger partial charge in [-0.3, -0.25) is 4.90 Å². The molecule has 0 unspecified atom stereocenters. The van der Waals surface area contributed by atoms with Gasteiger partial charge in [0.1, 0.15) is 5.82 Å². The molecule has 88 valence electrons. The van der Waals surface area contributed by atoms with E-state index in [4.69, 9.17) is 11.6 Å². The van der Waals surface area contributed by atoms with Gasteiger partial charge in [0.25, 0.3) is 0 Å². The van der Waals surface area contributed by atoms with Gasteiger partial charge in [-0.2, -0.15) is 0 Å². The van der Waals surface area contributed by atoms with Gasteiger partial charge in [-0.15, -0.1) is 0 Å². The third-order valence-corrected chi connectivity index (χ3v) is 3.54. The molecule has 1 N–H and O–H groups in total. The molecule has 1 aliphatic heterocycles. The maximum absolute atomic E-state index is 13.2. The largest absolute Gasteiger partial charge is 0.387 e. The first-order valence-corrected chi connectivity index (χ1v) is 5.79. The number of benzene rings is 1. The van der Waals surface area contributed by atoms with E-state index in [1.807, 2.05) is 13.0 Å². The summed E-state index contributed by atoms with van der Waals surface area (Å²) >= 11 is 5.86. The molecule has 0 amide bonds. The Bertz CT molecular complexity index is 391. The Morgan fingerprint density at radius 2 is 2.19 bits per heavy atom. The van der Waals surface area contributed by atoms with Gasteiger partial charge in [0, 0.05) is 19.6 Å². The van der Waals surface area contributed by atoms with Crippen LogP contribution in [0.3, 0.4) is 0 Å². The Hall–Kier alpha value is -0.640. The fourth-order valence-corrected chi connectivity index (χ4v) is 2.22. The summed E-state index contributed by atoms with van der Waals surface area (Å²) in [5.74, 6) is -0.384. The Morgan fingerprint density at radius 1 is 1.50 bits per heavy atom. The van der Waals surface area contributed by atoms with Gasteiger partial charge in [0.05, 0.1) is 10.6 Å². The minimum atomic E-state index is -0.556. The van der Waals surface area contributed by atoms with E-state index in [-0.39, 0.29) is 10.8 Å². The number of aliphatic hydroxyl groups is 1. The van der Waals surface area contributed by atoms with Crippen LogP contribution in [0.4, 0.5) is 4.39 Å². The monoisotopic (exact) mass is 243 g/mol. The molecule has 0 bridgehead atoms. The van der Waals surface area contributed by atoms with E-state index in [2.05, 4.69) is 4.90 Å². The van der Waals surface area contributed by atoms with Crippen LogP contribution in [0.25, 0.3) is 0 Å². The molecule has 2 rings (SSSR count). The molecular formula is C12H15ClFNO. The van der Waals surface area contributed by atoms with E-state index < -0.39 is 5.60 Å². The summed E-state index contributed by atoms with van der Waals surface area (Å²) in [6.45, 7) is 3.83. The molecule has 1 heterocycles. The van der Waals surface area contributed by atoms with Crippen LogP contribution in [0.15, 0.2) is 18.2 Å². The van der Waals surface area contributed by atoms with Crippen LogP contribution in [0.5, 0.6) is 0 Å². The summed E-state index contributed by atoms with van der Waals surface area (Å²) < 4.78 is 13.2. The van der Waals surface area contributed by atoms with Crippen molar-refractivity contribution in [3.63, 3.8) is 0 Å². The van der Waals surface area contributed by atoms with Crippen molar-refractivity contribution in [2.75, 3.05) is 13.1 Å². The van der Waals surface area contributed by atoms with Gasteiger partial charge >= 0.3 is 0 Å². The molecule has 16 heavy (non-hydrogen) atoms. The summed E-state index contributed by atoms with van der Waals surface area (Å²) in [5.41, 5.74) is 0.222. The van der Waals surface area contributed by atoms with Gasteiger partial charge in [-0.1, -0.05) is 30.7 Å². The molecular weight excluding hydrogens is 229 g/mol. The van der Waals surface area contributed by atoms with E-state index in [0.29, 0.717) is 19.6 Å². The first-order valence-electron chi connectivity index (χ1n) is 5.42. The topological polar surface area (TPSA) is 23.5 Å². The van der Waals surface area contributed by atoms with Crippen molar-refractivity contribution >= 4 is 11.6 Å². The van der Waals surface area contributed by atoms with Crippen LogP contribution >= 0.6 is 11.6 Å². The number of likely N-dealkylation sites (tertiary alicyclic amines) is 1. The number of hydrogen-bond acceptors (Lipinski definition) is 2. The maximum Gasteiger partial charge on any atom is 0.142 e. The zero-order valence-electron chi connectivity index (χ0n) is 9.21. The fraction of sp³-hybridized carbons (Fsp3) is 0.500. The SMILES string of the molecule is CCC1(O)CN(Cc2cccc(F)c2Cl)C1. The van der Waals surface area contributed by atoms with Crippen molar-refractivity contribution in [3.8, 4) is 0 Å². The third-order valence-electron chi connectivity index (χ3n) is 3.12. The van der Waals surface area contributed by atoms with Crippen molar-refractivity contribution in [2.45, 2.75) is 25.5 Å². The third kappa shape index (κ3) is 2.21. The second kappa shape index (κ2) is 4.32. The molecule has 0 radical (unpaired) electrons. The number of rotatable bonds is 3. The van der Waals surface area contributed by atoms with Crippen LogP contribution in [-0.2, 0) is 6.54 Å². The second-order valence-electron chi connectivity index (χ2n) is 4.44. The lowest BCUT2D eigenvalue weighted by Crippen LogP contribution is -2.60. The molecule has 1 aliphatic rings. The average molecular weight is 244 g/mol. The molecule has 1 fully saturated rings. The molecule has 0 atom stereocenters. The van der Waals surface area contributed by atoms with E-state index in [1.165, 1.54) is 6.07 Å². The minimum absolute atomic E-state index is 0.189. The summed E-state index contributed by atoms with van der Waals surface area (Å²) in [5, 5.41) is 10.0. The smallest absolute Gasteiger partial charge is 0.142 e. The van der Waals surface area contributed by atoms with Crippen LogP contribution in [-0.4, -0.2) is 28.7 Å². The lowest BCUT2D eigenvalue weighted by molar-refractivity contribution is -0.103. The van der Waals surface area contributed by atoms with E-state index in [1.54, 1.807) is 6.07 Å². The van der Waals surface area contributed by atoms with Gasteiger partial charge < -0.3 is 5.11 Å².